The van der Waals surface area contributed by atoms with Gasteiger partial charge < -0.3 is 19.6 Å². The summed E-state index contributed by atoms with van der Waals surface area (Å²) in [6, 6.07) is 7.60. The van der Waals surface area contributed by atoms with Crippen molar-refractivity contribution in [3.63, 3.8) is 0 Å². The Morgan fingerprint density at radius 3 is 2.91 bits per heavy atom. The highest BCUT2D eigenvalue weighted by Crippen LogP contribution is 2.26. The van der Waals surface area contributed by atoms with Crippen LogP contribution in [-0.4, -0.2) is 27.2 Å². The molecule has 7 heteroatoms. The number of anilines is 1. The largest absolute Gasteiger partial charge is 0.464 e. The van der Waals surface area contributed by atoms with Crippen LogP contribution in [0.3, 0.4) is 0 Å². The number of benzene rings is 1. The van der Waals surface area contributed by atoms with Gasteiger partial charge in [0.25, 0.3) is 0 Å². The molecular weight excluding hydrogens is 294 g/mol. The standard InChI is InChI=1S/C16H15N5O2/c1-3-20-9-19-12-6-11(4-5-13(12)20)21-8-10(7-17)14(18)15(21)16(22)23-2/h4-6,8-9H,3,18H2,1-2H3. The van der Waals surface area contributed by atoms with E-state index in [9.17, 15) is 4.79 Å². The van der Waals surface area contributed by atoms with E-state index in [-0.39, 0.29) is 16.9 Å². The number of carbonyl (C=O) groups excluding carboxylic acids is 1. The summed E-state index contributed by atoms with van der Waals surface area (Å²) < 4.78 is 8.36. The van der Waals surface area contributed by atoms with Crippen LogP contribution in [0.1, 0.15) is 23.0 Å². The molecule has 0 bridgehead atoms. The van der Waals surface area contributed by atoms with E-state index in [2.05, 4.69) is 4.98 Å². The quantitative estimate of drug-likeness (QED) is 0.747. The van der Waals surface area contributed by atoms with E-state index in [1.54, 1.807) is 10.9 Å². The molecule has 0 saturated carbocycles. The maximum atomic E-state index is 12.0. The topological polar surface area (TPSA) is 98.9 Å². The number of hydrogen-bond acceptors (Lipinski definition) is 5. The van der Waals surface area contributed by atoms with Crippen molar-refractivity contribution in [2.24, 2.45) is 0 Å². The fourth-order valence-electron chi connectivity index (χ4n) is 2.57. The highest BCUT2D eigenvalue weighted by atomic mass is 16.5. The van der Waals surface area contributed by atoms with Crippen molar-refractivity contribution in [2.45, 2.75) is 13.5 Å². The Hall–Kier alpha value is -3.27. The first kappa shape index (κ1) is 14.7. The van der Waals surface area contributed by atoms with Crippen molar-refractivity contribution in [1.29, 1.82) is 5.26 Å². The number of aromatic nitrogens is 3. The molecule has 0 fully saturated rings. The van der Waals surface area contributed by atoms with E-state index >= 15 is 0 Å². The lowest BCUT2D eigenvalue weighted by atomic mass is 10.2. The smallest absolute Gasteiger partial charge is 0.357 e. The molecule has 0 amide bonds. The Kier molecular flexibility index (Phi) is 3.50. The summed E-state index contributed by atoms with van der Waals surface area (Å²) >= 11 is 0. The second-order valence-corrected chi connectivity index (χ2v) is 4.98. The van der Waals surface area contributed by atoms with Gasteiger partial charge in [0.1, 0.15) is 6.07 Å². The number of hydrogen-bond donors (Lipinski definition) is 1. The van der Waals surface area contributed by atoms with Gasteiger partial charge in [-0.1, -0.05) is 0 Å². The fourth-order valence-corrected chi connectivity index (χ4v) is 2.57. The Labute approximate surface area is 132 Å². The van der Waals surface area contributed by atoms with E-state index in [0.717, 1.165) is 17.6 Å². The van der Waals surface area contributed by atoms with Crippen molar-refractivity contribution in [3.8, 4) is 11.8 Å². The fraction of sp³-hybridized carbons (Fsp3) is 0.188. The van der Waals surface area contributed by atoms with Crippen molar-refractivity contribution < 1.29 is 9.53 Å². The monoisotopic (exact) mass is 309 g/mol. The number of nitriles is 1. The summed E-state index contributed by atoms with van der Waals surface area (Å²) in [5.74, 6) is -0.594. The highest BCUT2D eigenvalue weighted by Gasteiger charge is 2.21. The van der Waals surface area contributed by atoms with Crippen LogP contribution in [0, 0.1) is 11.3 Å². The van der Waals surface area contributed by atoms with Gasteiger partial charge in [0.05, 0.1) is 35.7 Å². The number of methoxy groups -OCH3 is 1. The number of imidazole rings is 1. The Morgan fingerprint density at radius 2 is 2.26 bits per heavy atom. The number of nitrogens with two attached hydrogens (primary N) is 1. The third-order valence-electron chi connectivity index (χ3n) is 3.77. The summed E-state index contributed by atoms with van der Waals surface area (Å²) in [4.78, 5) is 16.4. The van der Waals surface area contributed by atoms with Crippen molar-refractivity contribution >= 4 is 22.7 Å². The second-order valence-electron chi connectivity index (χ2n) is 4.98. The molecule has 0 aliphatic heterocycles. The lowest BCUT2D eigenvalue weighted by Gasteiger charge is -2.08. The normalized spacial score (nSPS) is 10.7. The third-order valence-corrected chi connectivity index (χ3v) is 3.77. The molecule has 0 radical (unpaired) electrons. The number of nitrogen functional groups attached to an aromatic ring is 1. The van der Waals surface area contributed by atoms with Crippen LogP contribution in [0.4, 0.5) is 5.69 Å². The number of fused-ring (bicyclic) bond motifs is 1. The summed E-state index contributed by atoms with van der Waals surface area (Å²) in [6.07, 6.45) is 3.29. The van der Waals surface area contributed by atoms with Gasteiger partial charge in [0.15, 0.2) is 5.69 Å². The molecule has 23 heavy (non-hydrogen) atoms. The van der Waals surface area contributed by atoms with E-state index in [4.69, 9.17) is 15.7 Å². The van der Waals surface area contributed by atoms with Gasteiger partial charge in [-0.3, -0.25) is 0 Å². The zero-order chi connectivity index (χ0) is 16.6. The van der Waals surface area contributed by atoms with Gasteiger partial charge in [-0.05, 0) is 25.1 Å². The lowest BCUT2D eigenvalue weighted by Crippen LogP contribution is -2.11. The highest BCUT2D eigenvalue weighted by molar-refractivity contribution is 5.96. The maximum Gasteiger partial charge on any atom is 0.357 e. The van der Waals surface area contributed by atoms with E-state index in [1.807, 2.05) is 35.8 Å². The SMILES string of the molecule is CCn1cnc2cc(-n3cc(C#N)c(N)c3C(=O)OC)ccc21. The number of nitrogens with zero attached hydrogens (tertiary/aromatic N) is 4. The first-order valence-electron chi connectivity index (χ1n) is 7.05. The van der Waals surface area contributed by atoms with E-state index in [0.29, 0.717) is 5.69 Å². The predicted octanol–water partition coefficient (Wildman–Crippen LogP) is 2.09. The van der Waals surface area contributed by atoms with Crippen LogP contribution in [0.5, 0.6) is 0 Å². The first-order valence-corrected chi connectivity index (χ1v) is 7.05. The lowest BCUT2D eigenvalue weighted by molar-refractivity contribution is 0.0593. The summed E-state index contributed by atoms with van der Waals surface area (Å²) in [5, 5.41) is 9.15. The van der Waals surface area contributed by atoms with Crippen LogP contribution in [0.15, 0.2) is 30.7 Å². The zero-order valence-electron chi connectivity index (χ0n) is 12.8. The van der Waals surface area contributed by atoms with E-state index in [1.165, 1.54) is 13.3 Å². The molecule has 0 atom stereocenters. The van der Waals surface area contributed by atoms with Gasteiger partial charge in [-0.25, -0.2) is 9.78 Å². The summed E-state index contributed by atoms with van der Waals surface area (Å²) in [5.41, 5.74) is 8.86. The van der Waals surface area contributed by atoms with Gasteiger partial charge in [0.2, 0.25) is 0 Å². The Balaban J connectivity index is 2.22. The van der Waals surface area contributed by atoms with Crippen LogP contribution in [0.25, 0.3) is 16.7 Å². The maximum absolute atomic E-state index is 12.0. The number of esters is 1. The molecule has 0 unspecified atom stereocenters. The molecule has 2 N–H and O–H groups in total. The molecule has 3 aromatic rings. The molecular formula is C16H15N5O2. The zero-order valence-corrected chi connectivity index (χ0v) is 12.8. The van der Waals surface area contributed by atoms with Gasteiger partial charge >= 0.3 is 5.97 Å². The molecule has 0 spiro atoms. The minimum Gasteiger partial charge on any atom is -0.464 e. The molecule has 2 heterocycles. The van der Waals surface area contributed by atoms with Crippen LogP contribution >= 0.6 is 0 Å². The molecule has 1 aromatic carbocycles. The second kappa shape index (κ2) is 5.50. The van der Waals surface area contributed by atoms with Gasteiger partial charge in [-0.2, -0.15) is 5.26 Å². The third kappa shape index (κ3) is 2.21. The van der Waals surface area contributed by atoms with Gasteiger partial charge in [0, 0.05) is 18.4 Å². The minimum absolute atomic E-state index is 0.110. The van der Waals surface area contributed by atoms with Crippen LogP contribution in [-0.2, 0) is 11.3 Å². The number of carbonyl (C=O) groups is 1. The molecule has 0 saturated heterocycles. The molecule has 116 valence electrons. The molecule has 0 aliphatic carbocycles. The predicted molar refractivity (Wildman–Crippen MR) is 85.2 cm³/mol. The molecule has 7 nitrogen and oxygen atoms in total. The Morgan fingerprint density at radius 1 is 1.48 bits per heavy atom. The molecule has 2 aromatic heterocycles. The minimum atomic E-state index is -0.594. The molecule has 3 rings (SSSR count). The van der Waals surface area contributed by atoms with Gasteiger partial charge in [-0.15, -0.1) is 0 Å². The Bertz CT molecular complexity index is 945. The summed E-state index contributed by atoms with van der Waals surface area (Å²) in [6.45, 7) is 2.86. The van der Waals surface area contributed by atoms with E-state index < -0.39 is 5.97 Å². The first-order chi connectivity index (χ1) is 11.1. The van der Waals surface area contributed by atoms with Crippen LogP contribution in [0.2, 0.25) is 0 Å². The van der Waals surface area contributed by atoms with Crippen molar-refractivity contribution in [2.75, 3.05) is 12.8 Å². The van der Waals surface area contributed by atoms with Crippen LogP contribution < -0.4 is 5.73 Å². The van der Waals surface area contributed by atoms with Crippen molar-refractivity contribution in [3.05, 3.63) is 42.0 Å². The number of rotatable bonds is 3. The number of aryl methyl sites for hydroxylation is 1. The molecule has 0 aliphatic rings. The number of ether oxygens (including phenoxy) is 1. The average Bonchev–Trinajstić information content (AvgIpc) is 3.13. The van der Waals surface area contributed by atoms with Crippen molar-refractivity contribution in [1.82, 2.24) is 14.1 Å². The summed E-state index contributed by atoms with van der Waals surface area (Å²) in [7, 11) is 1.28. The average molecular weight is 309 g/mol.